The van der Waals surface area contributed by atoms with E-state index in [1.54, 1.807) is 0 Å². The fraction of sp³-hybridized carbons (Fsp3) is 0.435. The first-order valence-corrected chi connectivity index (χ1v) is 9.97. The first kappa shape index (κ1) is 20.2. The van der Waals surface area contributed by atoms with Crippen LogP contribution in [-0.4, -0.2) is 50.8 Å². The molecule has 150 valence electrons. The minimum Gasteiger partial charge on any atom is -0.494 e. The van der Waals surface area contributed by atoms with Crippen LogP contribution in [0.15, 0.2) is 48.5 Å². The smallest absolute Gasteiger partial charge is 0.254 e. The summed E-state index contributed by atoms with van der Waals surface area (Å²) in [7, 11) is 4.04. The molecule has 1 atom stereocenters. The molecule has 1 aliphatic heterocycles. The van der Waals surface area contributed by atoms with Crippen molar-refractivity contribution in [1.29, 1.82) is 0 Å². The number of hydrogen-bond acceptors (Lipinski definition) is 4. The molecule has 1 heterocycles. The number of hydrogen-bond donors (Lipinski definition) is 0. The maximum Gasteiger partial charge on any atom is 0.254 e. The van der Waals surface area contributed by atoms with Gasteiger partial charge in [0.2, 0.25) is 0 Å². The number of benzene rings is 2. The average molecular weight is 383 g/mol. The van der Waals surface area contributed by atoms with Gasteiger partial charge in [-0.3, -0.25) is 4.79 Å². The van der Waals surface area contributed by atoms with Crippen molar-refractivity contribution in [2.24, 2.45) is 0 Å². The van der Waals surface area contributed by atoms with Crippen molar-refractivity contribution >= 4 is 11.6 Å². The van der Waals surface area contributed by atoms with Crippen molar-refractivity contribution in [2.75, 3.05) is 38.8 Å². The minimum absolute atomic E-state index is 0.00809. The molecule has 5 heteroatoms. The van der Waals surface area contributed by atoms with Gasteiger partial charge in [-0.25, -0.2) is 0 Å². The first-order chi connectivity index (χ1) is 13.6. The summed E-state index contributed by atoms with van der Waals surface area (Å²) >= 11 is 0. The Hall–Kier alpha value is -2.53. The normalized spacial score (nSPS) is 16.0. The number of rotatable bonds is 8. The van der Waals surface area contributed by atoms with E-state index in [1.807, 2.05) is 50.2 Å². The molecule has 0 spiro atoms. The molecular formula is C23H30N2O3. The second-order valence-corrected chi connectivity index (χ2v) is 7.34. The van der Waals surface area contributed by atoms with Gasteiger partial charge in [0, 0.05) is 45.0 Å². The van der Waals surface area contributed by atoms with Crippen LogP contribution in [0.25, 0.3) is 0 Å². The van der Waals surface area contributed by atoms with Gasteiger partial charge in [-0.1, -0.05) is 18.2 Å². The van der Waals surface area contributed by atoms with Gasteiger partial charge in [-0.2, -0.15) is 0 Å². The Morgan fingerprint density at radius 2 is 1.96 bits per heavy atom. The fourth-order valence-electron chi connectivity index (χ4n) is 3.44. The zero-order valence-electron chi connectivity index (χ0n) is 17.1. The van der Waals surface area contributed by atoms with Gasteiger partial charge >= 0.3 is 0 Å². The van der Waals surface area contributed by atoms with Crippen molar-refractivity contribution in [1.82, 2.24) is 4.90 Å². The molecule has 1 aliphatic rings. The number of nitrogens with zero attached hydrogens (tertiary/aromatic N) is 2. The third-order valence-electron chi connectivity index (χ3n) is 4.95. The van der Waals surface area contributed by atoms with Gasteiger partial charge in [-0.15, -0.1) is 0 Å². The number of carbonyl (C=O) groups excluding carboxylic acids is 1. The predicted octanol–water partition coefficient (Wildman–Crippen LogP) is 3.97. The van der Waals surface area contributed by atoms with Crippen LogP contribution in [0.5, 0.6) is 5.75 Å². The van der Waals surface area contributed by atoms with Crippen LogP contribution in [-0.2, 0) is 11.3 Å². The average Bonchev–Trinajstić information content (AvgIpc) is 3.21. The topological polar surface area (TPSA) is 42.0 Å². The summed E-state index contributed by atoms with van der Waals surface area (Å²) in [5.41, 5.74) is 2.90. The maximum absolute atomic E-state index is 13.3. The van der Waals surface area contributed by atoms with Crippen molar-refractivity contribution in [3.63, 3.8) is 0 Å². The van der Waals surface area contributed by atoms with Crippen LogP contribution in [0.4, 0.5) is 5.69 Å². The lowest BCUT2D eigenvalue weighted by molar-refractivity contribution is 0.0507. The monoisotopic (exact) mass is 382 g/mol. The Morgan fingerprint density at radius 3 is 2.61 bits per heavy atom. The number of carbonyl (C=O) groups is 1. The largest absolute Gasteiger partial charge is 0.494 e. The van der Waals surface area contributed by atoms with E-state index in [2.05, 4.69) is 29.2 Å². The summed E-state index contributed by atoms with van der Waals surface area (Å²) in [6, 6.07) is 15.8. The van der Waals surface area contributed by atoms with Crippen LogP contribution < -0.4 is 9.64 Å². The van der Waals surface area contributed by atoms with E-state index in [-0.39, 0.29) is 12.0 Å². The summed E-state index contributed by atoms with van der Waals surface area (Å²) < 4.78 is 11.4. The molecule has 28 heavy (non-hydrogen) atoms. The van der Waals surface area contributed by atoms with Crippen LogP contribution in [0.2, 0.25) is 0 Å². The van der Waals surface area contributed by atoms with Crippen LogP contribution >= 0.6 is 0 Å². The Labute approximate surface area is 167 Å². The van der Waals surface area contributed by atoms with Gasteiger partial charge in [0.1, 0.15) is 5.75 Å². The molecule has 5 nitrogen and oxygen atoms in total. The molecule has 0 saturated carbocycles. The minimum atomic E-state index is 0.00809. The van der Waals surface area contributed by atoms with E-state index < -0.39 is 0 Å². The summed E-state index contributed by atoms with van der Waals surface area (Å²) in [4.78, 5) is 17.2. The van der Waals surface area contributed by atoms with Crippen LogP contribution in [0.3, 0.4) is 0 Å². The van der Waals surface area contributed by atoms with Crippen LogP contribution in [0.1, 0.15) is 35.7 Å². The Balaban J connectivity index is 1.79. The lowest BCUT2D eigenvalue weighted by Gasteiger charge is -2.26. The highest BCUT2D eigenvalue weighted by atomic mass is 16.5. The molecule has 3 rings (SSSR count). The number of anilines is 1. The van der Waals surface area contributed by atoms with Gasteiger partial charge in [0.25, 0.3) is 5.91 Å². The van der Waals surface area contributed by atoms with Gasteiger partial charge < -0.3 is 19.3 Å². The highest BCUT2D eigenvalue weighted by Gasteiger charge is 2.24. The van der Waals surface area contributed by atoms with Crippen LogP contribution in [0, 0.1) is 0 Å². The lowest BCUT2D eigenvalue weighted by atomic mass is 10.1. The third-order valence-corrected chi connectivity index (χ3v) is 4.95. The van der Waals surface area contributed by atoms with E-state index in [4.69, 9.17) is 9.47 Å². The van der Waals surface area contributed by atoms with Gasteiger partial charge in [0.05, 0.1) is 12.7 Å². The van der Waals surface area contributed by atoms with E-state index in [0.717, 1.165) is 36.4 Å². The van der Waals surface area contributed by atoms with E-state index in [9.17, 15) is 4.79 Å². The van der Waals surface area contributed by atoms with E-state index in [0.29, 0.717) is 25.3 Å². The van der Waals surface area contributed by atoms with E-state index >= 15 is 0 Å². The van der Waals surface area contributed by atoms with Crippen molar-refractivity contribution < 1.29 is 14.3 Å². The number of ether oxygens (including phenoxy) is 2. The molecule has 1 saturated heterocycles. The van der Waals surface area contributed by atoms with Gasteiger partial charge in [0.15, 0.2) is 0 Å². The van der Waals surface area contributed by atoms with Crippen molar-refractivity contribution in [3.8, 4) is 5.75 Å². The summed E-state index contributed by atoms with van der Waals surface area (Å²) in [6.07, 6.45) is 2.17. The van der Waals surface area contributed by atoms with Crippen molar-refractivity contribution in [2.45, 2.75) is 32.4 Å². The maximum atomic E-state index is 13.3. The quantitative estimate of drug-likeness (QED) is 0.693. The summed E-state index contributed by atoms with van der Waals surface area (Å²) in [5.74, 6) is 0.731. The molecule has 1 amide bonds. The number of amides is 1. The fourth-order valence-corrected chi connectivity index (χ4v) is 3.44. The summed E-state index contributed by atoms with van der Waals surface area (Å²) in [6.45, 7) is 4.47. The molecule has 1 fully saturated rings. The second-order valence-electron chi connectivity index (χ2n) is 7.34. The zero-order valence-corrected chi connectivity index (χ0v) is 17.1. The predicted molar refractivity (Wildman–Crippen MR) is 112 cm³/mol. The van der Waals surface area contributed by atoms with Gasteiger partial charge in [-0.05, 0) is 55.7 Å². The second kappa shape index (κ2) is 9.60. The highest BCUT2D eigenvalue weighted by Crippen LogP contribution is 2.21. The Bertz CT molecular complexity index is 768. The molecule has 0 bridgehead atoms. The SMILES string of the molecule is CCOc1cccc(C(=O)N(Cc2ccc(N(C)C)cc2)C[C@@H]2CCCO2)c1. The van der Waals surface area contributed by atoms with Crippen molar-refractivity contribution in [3.05, 3.63) is 59.7 Å². The molecular weight excluding hydrogens is 352 g/mol. The lowest BCUT2D eigenvalue weighted by Crippen LogP contribution is -2.37. The molecule has 0 radical (unpaired) electrons. The zero-order chi connectivity index (χ0) is 19.9. The highest BCUT2D eigenvalue weighted by molar-refractivity contribution is 5.94. The Kier molecular flexibility index (Phi) is 6.93. The Morgan fingerprint density at radius 1 is 1.18 bits per heavy atom. The molecule has 2 aromatic carbocycles. The third kappa shape index (κ3) is 5.26. The summed E-state index contributed by atoms with van der Waals surface area (Å²) in [5, 5.41) is 0. The molecule has 0 aromatic heterocycles. The molecule has 0 aliphatic carbocycles. The van der Waals surface area contributed by atoms with E-state index in [1.165, 1.54) is 0 Å². The standard InChI is InChI=1S/C23H30N2O3/c1-4-27-21-8-5-7-19(15-21)23(26)25(17-22-9-6-14-28-22)16-18-10-12-20(13-11-18)24(2)3/h5,7-8,10-13,15,22H,4,6,9,14,16-17H2,1-3H3/t22-/m0/s1. The first-order valence-electron chi connectivity index (χ1n) is 9.97. The molecule has 2 aromatic rings. The molecule has 0 N–H and O–H groups in total. The molecule has 0 unspecified atom stereocenters.